The number of fused-ring (bicyclic) bond motifs is 1. The maximum absolute atomic E-state index is 12.6. The molecule has 0 heterocycles. The van der Waals surface area contributed by atoms with Crippen LogP contribution in [0, 0.1) is 11.8 Å². The van der Waals surface area contributed by atoms with Crippen LogP contribution < -0.4 is 11.1 Å². The number of aryl methyl sites for hydroxylation is 1. The van der Waals surface area contributed by atoms with Gasteiger partial charge in [-0.2, -0.15) is 0 Å². The molecule has 21 heavy (non-hydrogen) atoms. The summed E-state index contributed by atoms with van der Waals surface area (Å²) in [5.41, 5.74) is 8.32. The van der Waals surface area contributed by atoms with Crippen molar-refractivity contribution in [2.75, 3.05) is 6.54 Å². The van der Waals surface area contributed by atoms with Crippen molar-refractivity contribution in [3.63, 3.8) is 0 Å². The number of hydrogen-bond donors (Lipinski definition) is 2. The second kappa shape index (κ2) is 6.61. The zero-order chi connectivity index (χ0) is 15.5. The Morgan fingerprint density at radius 3 is 2.67 bits per heavy atom. The SMILES string of the molecule is CC(C)CC(C)(CN)NC(=O)C1CCc2ccccc2C1. The van der Waals surface area contributed by atoms with Gasteiger partial charge in [-0.3, -0.25) is 4.79 Å². The van der Waals surface area contributed by atoms with Gasteiger partial charge < -0.3 is 11.1 Å². The van der Waals surface area contributed by atoms with E-state index in [1.165, 1.54) is 11.1 Å². The van der Waals surface area contributed by atoms with Gasteiger partial charge in [0.25, 0.3) is 0 Å². The van der Waals surface area contributed by atoms with Gasteiger partial charge >= 0.3 is 0 Å². The van der Waals surface area contributed by atoms with Crippen LogP contribution >= 0.6 is 0 Å². The quantitative estimate of drug-likeness (QED) is 0.875. The summed E-state index contributed by atoms with van der Waals surface area (Å²) in [5.74, 6) is 0.766. The minimum atomic E-state index is -0.289. The molecule has 0 radical (unpaired) electrons. The summed E-state index contributed by atoms with van der Waals surface area (Å²) in [6.45, 7) is 6.87. The number of benzene rings is 1. The number of amides is 1. The molecule has 116 valence electrons. The van der Waals surface area contributed by atoms with Crippen molar-refractivity contribution in [2.24, 2.45) is 17.6 Å². The van der Waals surface area contributed by atoms with E-state index in [0.717, 1.165) is 25.7 Å². The monoisotopic (exact) mass is 288 g/mol. The zero-order valence-corrected chi connectivity index (χ0v) is 13.5. The van der Waals surface area contributed by atoms with E-state index in [4.69, 9.17) is 5.73 Å². The first-order chi connectivity index (χ1) is 9.93. The summed E-state index contributed by atoms with van der Waals surface area (Å²) in [7, 11) is 0. The summed E-state index contributed by atoms with van der Waals surface area (Å²) in [4.78, 5) is 12.6. The molecular weight excluding hydrogens is 260 g/mol. The highest BCUT2D eigenvalue weighted by atomic mass is 16.2. The molecular formula is C18H28N2O. The summed E-state index contributed by atoms with van der Waals surface area (Å²) in [5, 5.41) is 3.21. The van der Waals surface area contributed by atoms with Crippen LogP contribution in [0.2, 0.25) is 0 Å². The molecule has 1 aromatic carbocycles. The molecule has 2 rings (SSSR count). The van der Waals surface area contributed by atoms with Crippen LogP contribution in [-0.2, 0) is 17.6 Å². The molecule has 0 aromatic heterocycles. The fourth-order valence-corrected chi connectivity index (χ4v) is 3.41. The molecule has 1 aliphatic carbocycles. The van der Waals surface area contributed by atoms with E-state index in [9.17, 15) is 4.79 Å². The minimum absolute atomic E-state index is 0.0814. The van der Waals surface area contributed by atoms with Crippen LogP contribution in [0.5, 0.6) is 0 Å². The van der Waals surface area contributed by atoms with Crippen LogP contribution in [0.15, 0.2) is 24.3 Å². The highest BCUT2D eigenvalue weighted by Crippen LogP contribution is 2.26. The number of carbonyl (C=O) groups is 1. The average Bonchev–Trinajstić information content (AvgIpc) is 2.45. The third-order valence-electron chi connectivity index (χ3n) is 4.45. The molecule has 1 aliphatic rings. The van der Waals surface area contributed by atoms with E-state index in [1.807, 2.05) is 0 Å². The van der Waals surface area contributed by atoms with Crippen molar-refractivity contribution in [3.05, 3.63) is 35.4 Å². The van der Waals surface area contributed by atoms with E-state index in [0.29, 0.717) is 12.5 Å². The molecule has 0 saturated heterocycles. The van der Waals surface area contributed by atoms with Gasteiger partial charge in [-0.05, 0) is 49.7 Å². The topological polar surface area (TPSA) is 55.1 Å². The average molecular weight is 288 g/mol. The van der Waals surface area contributed by atoms with Gasteiger partial charge in [-0.15, -0.1) is 0 Å². The lowest BCUT2D eigenvalue weighted by atomic mass is 9.82. The lowest BCUT2D eigenvalue weighted by Crippen LogP contribution is -2.54. The molecule has 3 nitrogen and oxygen atoms in total. The van der Waals surface area contributed by atoms with Crippen molar-refractivity contribution in [1.29, 1.82) is 0 Å². The fraction of sp³-hybridized carbons (Fsp3) is 0.611. The van der Waals surface area contributed by atoms with Gasteiger partial charge in [0, 0.05) is 18.0 Å². The number of rotatable bonds is 5. The number of nitrogens with one attached hydrogen (secondary N) is 1. The Morgan fingerprint density at radius 2 is 2.05 bits per heavy atom. The first kappa shape index (κ1) is 16.0. The lowest BCUT2D eigenvalue weighted by molar-refractivity contribution is -0.127. The largest absolute Gasteiger partial charge is 0.349 e. The van der Waals surface area contributed by atoms with Crippen LogP contribution in [0.1, 0.15) is 44.7 Å². The van der Waals surface area contributed by atoms with E-state index in [2.05, 4.69) is 50.4 Å². The summed E-state index contributed by atoms with van der Waals surface area (Å²) in [6, 6.07) is 8.45. The first-order valence-electron chi connectivity index (χ1n) is 8.02. The van der Waals surface area contributed by atoms with Gasteiger partial charge in [-0.1, -0.05) is 38.1 Å². The van der Waals surface area contributed by atoms with Gasteiger partial charge in [0.05, 0.1) is 0 Å². The van der Waals surface area contributed by atoms with Crippen LogP contribution in [0.4, 0.5) is 0 Å². The van der Waals surface area contributed by atoms with Crippen molar-refractivity contribution in [2.45, 2.75) is 52.0 Å². The predicted molar refractivity (Wildman–Crippen MR) is 87.0 cm³/mol. The second-order valence-corrected chi connectivity index (χ2v) is 7.06. The summed E-state index contributed by atoms with van der Waals surface area (Å²) < 4.78 is 0. The van der Waals surface area contributed by atoms with Crippen molar-refractivity contribution in [1.82, 2.24) is 5.32 Å². The molecule has 1 aromatic rings. The number of carbonyl (C=O) groups excluding carboxylic acids is 1. The predicted octanol–water partition coefficient (Wildman–Crippen LogP) is 2.67. The van der Waals surface area contributed by atoms with Crippen LogP contribution in [0.3, 0.4) is 0 Å². The van der Waals surface area contributed by atoms with Crippen molar-refractivity contribution in [3.8, 4) is 0 Å². The van der Waals surface area contributed by atoms with Crippen molar-refractivity contribution < 1.29 is 4.79 Å². The molecule has 2 unspecified atom stereocenters. The van der Waals surface area contributed by atoms with Crippen LogP contribution in [-0.4, -0.2) is 18.0 Å². The Bertz CT molecular complexity index is 498. The Labute approximate surface area is 128 Å². The highest BCUT2D eigenvalue weighted by Gasteiger charge is 2.31. The molecule has 0 fully saturated rings. The maximum Gasteiger partial charge on any atom is 0.223 e. The fourth-order valence-electron chi connectivity index (χ4n) is 3.41. The standard InChI is InChI=1S/C18H28N2O/c1-13(2)11-18(3,12-19)20-17(21)16-9-8-14-6-4-5-7-15(14)10-16/h4-7,13,16H,8-12,19H2,1-3H3,(H,20,21). The van der Waals surface area contributed by atoms with Gasteiger partial charge in [0.2, 0.25) is 5.91 Å². The number of nitrogens with two attached hydrogens (primary N) is 1. The Balaban J connectivity index is 2.01. The Kier molecular flexibility index (Phi) is 5.04. The lowest BCUT2D eigenvalue weighted by Gasteiger charge is -2.34. The molecule has 3 N–H and O–H groups in total. The van der Waals surface area contributed by atoms with Gasteiger partial charge in [0.1, 0.15) is 0 Å². The third-order valence-corrected chi connectivity index (χ3v) is 4.45. The Hall–Kier alpha value is -1.35. The van der Waals surface area contributed by atoms with Gasteiger partial charge in [-0.25, -0.2) is 0 Å². The van der Waals surface area contributed by atoms with Crippen molar-refractivity contribution >= 4 is 5.91 Å². The van der Waals surface area contributed by atoms with E-state index >= 15 is 0 Å². The van der Waals surface area contributed by atoms with E-state index in [1.54, 1.807) is 0 Å². The number of hydrogen-bond acceptors (Lipinski definition) is 2. The first-order valence-corrected chi connectivity index (χ1v) is 8.02. The Morgan fingerprint density at radius 1 is 1.38 bits per heavy atom. The van der Waals surface area contributed by atoms with E-state index < -0.39 is 0 Å². The maximum atomic E-state index is 12.6. The smallest absolute Gasteiger partial charge is 0.223 e. The highest BCUT2D eigenvalue weighted by molar-refractivity contribution is 5.80. The summed E-state index contributed by atoms with van der Waals surface area (Å²) in [6.07, 6.45) is 3.70. The molecule has 0 saturated carbocycles. The summed E-state index contributed by atoms with van der Waals surface area (Å²) >= 11 is 0. The third kappa shape index (κ3) is 4.07. The minimum Gasteiger partial charge on any atom is -0.349 e. The second-order valence-electron chi connectivity index (χ2n) is 7.06. The molecule has 3 heteroatoms. The molecule has 1 amide bonds. The molecule has 0 bridgehead atoms. The molecule has 2 atom stereocenters. The zero-order valence-electron chi connectivity index (χ0n) is 13.5. The normalized spacial score (nSPS) is 20.7. The molecule has 0 aliphatic heterocycles. The molecule has 0 spiro atoms. The van der Waals surface area contributed by atoms with Gasteiger partial charge in [0.15, 0.2) is 0 Å². The van der Waals surface area contributed by atoms with E-state index in [-0.39, 0.29) is 17.4 Å². The van der Waals surface area contributed by atoms with Crippen LogP contribution in [0.25, 0.3) is 0 Å².